The smallest absolute Gasteiger partial charge is 0.228 e. The molecule has 1 aliphatic heterocycles. The minimum Gasteiger partial charge on any atom is -0.449 e. The van der Waals surface area contributed by atoms with Gasteiger partial charge in [-0.25, -0.2) is 4.98 Å². The van der Waals surface area contributed by atoms with E-state index in [1.54, 1.807) is 6.26 Å². The quantitative estimate of drug-likeness (QED) is 0.909. The van der Waals surface area contributed by atoms with E-state index in [9.17, 15) is 4.79 Å². The van der Waals surface area contributed by atoms with Crippen LogP contribution in [-0.2, 0) is 4.79 Å². The third kappa shape index (κ3) is 3.31. The van der Waals surface area contributed by atoms with E-state index in [1.807, 2.05) is 31.2 Å². The average Bonchev–Trinajstić information content (AvgIpc) is 2.95. The van der Waals surface area contributed by atoms with E-state index < -0.39 is 0 Å². The highest BCUT2D eigenvalue weighted by Gasteiger charge is 2.20. The Bertz CT molecular complexity index is 613. The summed E-state index contributed by atoms with van der Waals surface area (Å²) in [6, 6.07) is 7.67. The lowest BCUT2D eigenvalue weighted by molar-refractivity contribution is -0.120. The van der Waals surface area contributed by atoms with Crippen LogP contribution in [0.2, 0.25) is 0 Å². The first kappa shape index (κ1) is 13.8. The minimum atomic E-state index is 0.0663. The molecule has 1 aliphatic rings. The van der Waals surface area contributed by atoms with Gasteiger partial charge < -0.3 is 15.1 Å². The van der Waals surface area contributed by atoms with Crippen molar-refractivity contribution in [2.45, 2.75) is 19.8 Å². The Morgan fingerprint density at radius 1 is 1.38 bits per heavy atom. The Kier molecular flexibility index (Phi) is 4.01. The van der Waals surface area contributed by atoms with Crippen LogP contribution in [0.25, 0.3) is 11.3 Å². The summed E-state index contributed by atoms with van der Waals surface area (Å²) in [5.74, 6) is 0.802. The Hall–Kier alpha value is -2.14. The summed E-state index contributed by atoms with van der Waals surface area (Å²) in [5, 5.41) is 6.23. The third-order valence-corrected chi connectivity index (χ3v) is 3.73. The molecular weight excluding hydrogens is 266 g/mol. The van der Waals surface area contributed by atoms with Crippen molar-refractivity contribution in [3.05, 3.63) is 36.4 Å². The van der Waals surface area contributed by atoms with Gasteiger partial charge in [-0.3, -0.25) is 4.79 Å². The van der Waals surface area contributed by atoms with Gasteiger partial charge in [0.25, 0.3) is 0 Å². The number of oxazole rings is 1. The largest absolute Gasteiger partial charge is 0.449 e. The number of amides is 1. The fourth-order valence-electron chi connectivity index (χ4n) is 2.54. The van der Waals surface area contributed by atoms with Crippen molar-refractivity contribution in [2.24, 2.45) is 5.92 Å². The molecule has 5 nitrogen and oxygen atoms in total. The molecule has 2 heterocycles. The zero-order valence-corrected chi connectivity index (χ0v) is 12.1. The van der Waals surface area contributed by atoms with Crippen LogP contribution < -0.4 is 10.6 Å². The lowest BCUT2D eigenvalue weighted by Crippen LogP contribution is -2.37. The summed E-state index contributed by atoms with van der Waals surface area (Å²) < 4.78 is 5.21. The molecule has 0 aliphatic carbocycles. The number of aryl methyl sites for hydroxylation is 1. The standard InChI is InChI=1S/C16H19N3O2/c1-11-18-15(10-21-11)12-4-6-14(7-5-12)19-16(20)13-3-2-8-17-9-13/h4-7,10,13,17H,2-3,8-9H2,1H3,(H,19,20)/t13-/m1/s1. The molecule has 1 atom stereocenters. The molecule has 0 radical (unpaired) electrons. The molecule has 0 saturated carbocycles. The predicted molar refractivity (Wildman–Crippen MR) is 80.9 cm³/mol. The number of anilines is 1. The average molecular weight is 285 g/mol. The second kappa shape index (κ2) is 6.10. The maximum Gasteiger partial charge on any atom is 0.228 e. The molecule has 2 aromatic rings. The van der Waals surface area contributed by atoms with Crippen LogP contribution in [0.1, 0.15) is 18.7 Å². The Labute approximate surface area is 123 Å². The highest BCUT2D eigenvalue weighted by atomic mass is 16.3. The normalized spacial score (nSPS) is 18.4. The highest BCUT2D eigenvalue weighted by Crippen LogP contribution is 2.21. The fraction of sp³-hybridized carbons (Fsp3) is 0.375. The highest BCUT2D eigenvalue weighted by molar-refractivity contribution is 5.93. The van der Waals surface area contributed by atoms with E-state index in [4.69, 9.17) is 4.42 Å². The van der Waals surface area contributed by atoms with Crippen molar-refractivity contribution in [1.82, 2.24) is 10.3 Å². The number of piperidine rings is 1. The van der Waals surface area contributed by atoms with Crippen LogP contribution in [0.15, 0.2) is 34.9 Å². The van der Waals surface area contributed by atoms with Crippen LogP contribution >= 0.6 is 0 Å². The third-order valence-electron chi connectivity index (χ3n) is 3.73. The van der Waals surface area contributed by atoms with Gasteiger partial charge in [-0.2, -0.15) is 0 Å². The molecule has 0 bridgehead atoms. The number of rotatable bonds is 3. The summed E-state index contributed by atoms with van der Waals surface area (Å²) in [7, 11) is 0. The van der Waals surface area contributed by atoms with E-state index in [-0.39, 0.29) is 11.8 Å². The Morgan fingerprint density at radius 3 is 2.81 bits per heavy atom. The predicted octanol–water partition coefficient (Wildman–Crippen LogP) is 2.59. The van der Waals surface area contributed by atoms with Gasteiger partial charge in [-0.15, -0.1) is 0 Å². The van der Waals surface area contributed by atoms with E-state index in [2.05, 4.69) is 15.6 Å². The van der Waals surface area contributed by atoms with Crippen LogP contribution in [0.4, 0.5) is 5.69 Å². The van der Waals surface area contributed by atoms with Gasteiger partial charge in [0.15, 0.2) is 5.89 Å². The van der Waals surface area contributed by atoms with E-state index in [0.29, 0.717) is 5.89 Å². The molecule has 2 N–H and O–H groups in total. The molecule has 1 saturated heterocycles. The van der Waals surface area contributed by atoms with Gasteiger partial charge in [0, 0.05) is 24.7 Å². The van der Waals surface area contributed by atoms with E-state index >= 15 is 0 Å². The number of hydrogen-bond acceptors (Lipinski definition) is 4. The molecule has 3 rings (SSSR count). The molecular formula is C16H19N3O2. The Morgan fingerprint density at radius 2 is 2.19 bits per heavy atom. The van der Waals surface area contributed by atoms with Crippen molar-refractivity contribution in [3.8, 4) is 11.3 Å². The first-order chi connectivity index (χ1) is 10.2. The van der Waals surface area contributed by atoms with Crippen molar-refractivity contribution in [2.75, 3.05) is 18.4 Å². The molecule has 1 fully saturated rings. The summed E-state index contributed by atoms with van der Waals surface area (Å²) in [4.78, 5) is 16.4. The number of carbonyl (C=O) groups is 1. The monoisotopic (exact) mass is 285 g/mol. The van der Waals surface area contributed by atoms with E-state index in [1.165, 1.54) is 0 Å². The number of nitrogens with zero attached hydrogens (tertiary/aromatic N) is 1. The number of hydrogen-bond donors (Lipinski definition) is 2. The van der Waals surface area contributed by atoms with Crippen molar-refractivity contribution in [1.29, 1.82) is 0 Å². The van der Waals surface area contributed by atoms with Gasteiger partial charge in [-0.1, -0.05) is 12.1 Å². The first-order valence-corrected chi connectivity index (χ1v) is 7.26. The van der Waals surface area contributed by atoms with Gasteiger partial charge in [0.05, 0.1) is 5.92 Å². The van der Waals surface area contributed by atoms with Gasteiger partial charge in [-0.05, 0) is 31.5 Å². The van der Waals surface area contributed by atoms with Crippen molar-refractivity contribution >= 4 is 11.6 Å². The molecule has 0 spiro atoms. The lowest BCUT2D eigenvalue weighted by atomic mass is 9.99. The number of benzene rings is 1. The summed E-state index contributed by atoms with van der Waals surface area (Å²) >= 11 is 0. The SMILES string of the molecule is Cc1nc(-c2ccc(NC(=O)[C@@H]3CCCNC3)cc2)co1. The summed E-state index contributed by atoms with van der Waals surface area (Å²) in [6.45, 7) is 3.59. The van der Waals surface area contributed by atoms with Crippen LogP contribution in [0, 0.1) is 12.8 Å². The molecule has 5 heteroatoms. The zero-order chi connectivity index (χ0) is 14.7. The van der Waals surface area contributed by atoms with E-state index in [0.717, 1.165) is 42.9 Å². The molecule has 0 unspecified atom stereocenters. The van der Waals surface area contributed by atoms with Crippen LogP contribution in [0.3, 0.4) is 0 Å². The topological polar surface area (TPSA) is 67.2 Å². The molecule has 1 amide bonds. The summed E-state index contributed by atoms with van der Waals surface area (Å²) in [6.07, 6.45) is 3.65. The fourth-order valence-corrected chi connectivity index (χ4v) is 2.54. The number of nitrogens with one attached hydrogen (secondary N) is 2. The van der Waals surface area contributed by atoms with Crippen molar-refractivity contribution < 1.29 is 9.21 Å². The maximum absolute atomic E-state index is 12.1. The van der Waals surface area contributed by atoms with Gasteiger partial charge in [0.2, 0.25) is 5.91 Å². The minimum absolute atomic E-state index is 0.0663. The maximum atomic E-state index is 12.1. The number of aromatic nitrogens is 1. The second-order valence-corrected chi connectivity index (χ2v) is 5.36. The van der Waals surface area contributed by atoms with Crippen LogP contribution in [-0.4, -0.2) is 24.0 Å². The number of carbonyl (C=O) groups excluding carboxylic acids is 1. The molecule has 1 aromatic carbocycles. The Balaban J connectivity index is 1.65. The first-order valence-electron chi connectivity index (χ1n) is 7.26. The van der Waals surface area contributed by atoms with Crippen LogP contribution in [0.5, 0.6) is 0 Å². The van der Waals surface area contributed by atoms with Gasteiger partial charge >= 0.3 is 0 Å². The molecule has 110 valence electrons. The zero-order valence-electron chi connectivity index (χ0n) is 12.1. The van der Waals surface area contributed by atoms with Gasteiger partial charge in [0.1, 0.15) is 12.0 Å². The lowest BCUT2D eigenvalue weighted by Gasteiger charge is -2.21. The summed E-state index contributed by atoms with van der Waals surface area (Å²) in [5.41, 5.74) is 2.60. The van der Waals surface area contributed by atoms with Crippen molar-refractivity contribution in [3.63, 3.8) is 0 Å². The second-order valence-electron chi connectivity index (χ2n) is 5.36. The molecule has 1 aromatic heterocycles. The molecule has 21 heavy (non-hydrogen) atoms.